The number of aliphatic hydroxyl groups excluding tert-OH is 1. The van der Waals surface area contributed by atoms with Gasteiger partial charge in [-0.15, -0.1) is 0 Å². The zero-order valence-corrected chi connectivity index (χ0v) is 20.5. The Labute approximate surface area is 215 Å². The Kier molecular flexibility index (Phi) is 7.41. The number of benzene rings is 2. The average molecular weight is 543 g/mol. The molecule has 0 aromatic heterocycles. The van der Waals surface area contributed by atoms with Crippen LogP contribution >= 0.6 is 0 Å². The molecule has 0 unspecified atom stereocenters. The van der Waals surface area contributed by atoms with Crippen LogP contribution in [0.2, 0.25) is 0 Å². The number of hydrogen-bond acceptors (Lipinski definition) is 5. The highest BCUT2D eigenvalue weighted by Gasteiger charge is 2.66. The van der Waals surface area contributed by atoms with Gasteiger partial charge in [-0.1, -0.05) is 19.1 Å². The summed E-state index contributed by atoms with van der Waals surface area (Å²) in [7, 11) is 0. The van der Waals surface area contributed by atoms with Gasteiger partial charge >= 0.3 is 6.18 Å². The van der Waals surface area contributed by atoms with E-state index in [0.717, 1.165) is 19.1 Å². The third-order valence-electron chi connectivity index (χ3n) is 7.46. The number of ether oxygens (including phenoxy) is 2. The van der Waals surface area contributed by atoms with Crippen LogP contribution in [0.15, 0.2) is 36.4 Å². The molecule has 2 aromatic rings. The lowest BCUT2D eigenvalue weighted by atomic mass is 9.76. The Morgan fingerprint density at radius 2 is 1.89 bits per heavy atom. The number of amides is 2. The summed E-state index contributed by atoms with van der Waals surface area (Å²) < 4.78 is 82.6. The molecule has 2 aliphatic rings. The Morgan fingerprint density at radius 3 is 2.50 bits per heavy atom. The molecule has 7 nitrogen and oxygen atoms in total. The highest BCUT2D eigenvalue weighted by Crippen LogP contribution is 2.55. The predicted octanol–water partition coefficient (Wildman–Crippen LogP) is 4.29. The standard InChI is InChI=1S/C26H27F5N2O5/c1-12-19(17-6-7-18(27)20(28)21(17)37-11-13-8-16(34)9-13)22(38-25(12,2)26(29,30)31)24(36)33-15-5-3-4-14(10-15)23(32)35/h3-7,10,12-13,16,19,22,34H,8-9,11H2,1-2H3,(H2,32,35)(H,33,36)/t12-,13-,16-,19-,22+,25+/m0/s1. The van der Waals surface area contributed by atoms with Crippen molar-refractivity contribution in [3.63, 3.8) is 0 Å². The summed E-state index contributed by atoms with van der Waals surface area (Å²) in [4.78, 5) is 24.8. The minimum atomic E-state index is -4.91. The molecule has 0 spiro atoms. The second-order valence-electron chi connectivity index (χ2n) is 9.97. The maximum atomic E-state index is 15.0. The zero-order chi connectivity index (χ0) is 28.0. The van der Waals surface area contributed by atoms with Crippen molar-refractivity contribution in [3.8, 4) is 5.75 Å². The smallest absolute Gasteiger partial charge is 0.417 e. The minimum Gasteiger partial charge on any atom is -0.490 e. The molecular formula is C26H27F5N2O5. The van der Waals surface area contributed by atoms with Crippen molar-refractivity contribution in [2.45, 2.75) is 56.6 Å². The SMILES string of the molecule is C[C@H]1[C@@H](c2ccc(F)c(F)c2OC[C@H]2C[C@H](O)C2)[C@H](C(=O)Nc2cccc(C(N)=O)c2)O[C@@]1(C)C(F)(F)F. The van der Waals surface area contributed by atoms with Crippen molar-refractivity contribution in [1.29, 1.82) is 0 Å². The molecule has 0 bridgehead atoms. The Bertz CT molecular complexity index is 1230. The summed E-state index contributed by atoms with van der Waals surface area (Å²) >= 11 is 0. The van der Waals surface area contributed by atoms with Crippen LogP contribution in [0.4, 0.5) is 27.6 Å². The zero-order valence-electron chi connectivity index (χ0n) is 20.5. The first-order valence-electron chi connectivity index (χ1n) is 12.0. The van der Waals surface area contributed by atoms with Gasteiger partial charge in [-0.2, -0.15) is 17.6 Å². The highest BCUT2D eigenvalue weighted by molar-refractivity contribution is 5.98. The summed E-state index contributed by atoms with van der Waals surface area (Å²) in [6.07, 6.45) is -6.45. The lowest BCUT2D eigenvalue weighted by molar-refractivity contribution is -0.272. The number of primary amides is 1. The van der Waals surface area contributed by atoms with Crippen molar-refractivity contribution in [3.05, 3.63) is 59.2 Å². The average Bonchev–Trinajstić information content (AvgIpc) is 3.10. The molecule has 1 saturated carbocycles. The second kappa shape index (κ2) is 10.1. The van der Waals surface area contributed by atoms with Crippen molar-refractivity contribution in [1.82, 2.24) is 0 Å². The molecule has 38 heavy (non-hydrogen) atoms. The second-order valence-corrected chi connectivity index (χ2v) is 9.97. The van der Waals surface area contributed by atoms with Crippen molar-refractivity contribution < 1.29 is 46.1 Å². The molecule has 206 valence electrons. The van der Waals surface area contributed by atoms with E-state index in [1.165, 1.54) is 31.2 Å². The van der Waals surface area contributed by atoms with E-state index in [1.54, 1.807) is 0 Å². The maximum Gasteiger partial charge on any atom is 0.417 e. The lowest BCUT2D eigenvalue weighted by Gasteiger charge is -2.33. The molecule has 12 heteroatoms. The van der Waals surface area contributed by atoms with Crippen LogP contribution in [-0.4, -0.2) is 47.5 Å². The molecule has 2 amide bonds. The van der Waals surface area contributed by atoms with E-state index >= 15 is 0 Å². The quantitative estimate of drug-likeness (QED) is 0.452. The summed E-state index contributed by atoms with van der Waals surface area (Å²) in [5.41, 5.74) is 2.42. The van der Waals surface area contributed by atoms with E-state index < -0.39 is 65.0 Å². The van der Waals surface area contributed by atoms with Gasteiger partial charge in [0.2, 0.25) is 11.7 Å². The highest BCUT2D eigenvalue weighted by atomic mass is 19.4. The fourth-order valence-corrected chi connectivity index (χ4v) is 4.98. The Morgan fingerprint density at radius 1 is 1.21 bits per heavy atom. The molecule has 1 saturated heterocycles. The molecule has 1 aliphatic heterocycles. The molecule has 2 aromatic carbocycles. The van der Waals surface area contributed by atoms with E-state index in [-0.39, 0.29) is 29.3 Å². The third-order valence-corrected chi connectivity index (χ3v) is 7.46. The fraction of sp³-hybridized carbons (Fsp3) is 0.462. The maximum absolute atomic E-state index is 15.0. The summed E-state index contributed by atoms with van der Waals surface area (Å²) in [6.45, 7) is 1.91. The number of carbonyl (C=O) groups is 2. The van der Waals surface area contributed by atoms with Gasteiger partial charge in [-0.3, -0.25) is 9.59 Å². The Hall–Kier alpha value is -3.25. The molecule has 4 atom stereocenters. The van der Waals surface area contributed by atoms with Crippen LogP contribution < -0.4 is 15.8 Å². The van der Waals surface area contributed by atoms with Gasteiger partial charge in [-0.05, 0) is 49.9 Å². The van der Waals surface area contributed by atoms with Crippen LogP contribution in [0.3, 0.4) is 0 Å². The molecule has 4 N–H and O–H groups in total. The number of halogens is 5. The molecule has 4 rings (SSSR count). The van der Waals surface area contributed by atoms with Crippen LogP contribution in [0, 0.1) is 23.5 Å². The van der Waals surface area contributed by atoms with Gasteiger partial charge in [0.1, 0.15) is 6.10 Å². The van der Waals surface area contributed by atoms with Crippen molar-refractivity contribution in [2.24, 2.45) is 17.6 Å². The van der Waals surface area contributed by atoms with E-state index in [4.69, 9.17) is 15.2 Å². The number of hydrogen-bond donors (Lipinski definition) is 3. The fourth-order valence-electron chi connectivity index (χ4n) is 4.98. The van der Waals surface area contributed by atoms with Crippen LogP contribution in [0.1, 0.15) is 48.5 Å². The van der Waals surface area contributed by atoms with Crippen LogP contribution in [-0.2, 0) is 9.53 Å². The van der Waals surface area contributed by atoms with Gasteiger partial charge in [-0.25, -0.2) is 4.39 Å². The van der Waals surface area contributed by atoms with Crippen molar-refractivity contribution in [2.75, 3.05) is 11.9 Å². The van der Waals surface area contributed by atoms with Gasteiger partial charge < -0.3 is 25.6 Å². The molecule has 1 aliphatic carbocycles. The molecule has 0 radical (unpaired) electrons. The first-order valence-corrected chi connectivity index (χ1v) is 12.0. The monoisotopic (exact) mass is 542 g/mol. The number of aliphatic hydroxyl groups is 1. The minimum absolute atomic E-state index is 0.0533. The summed E-state index contributed by atoms with van der Waals surface area (Å²) in [5.74, 6) is -8.01. The van der Waals surface area contributed by atoms with Gasteiger partial charge in [0.05, 0.1) is 12.7 Å². The van der Waals surface area contributed by atoms with Gasteiger partial charge in [0, 0.05) is 28.7 Å². The number of alkyl halides is 3. The number of rotatable bonds is 7. The van der Waals surface area contributed by atoms with E-state index in [0.29, 0.717) is 12.8 Å². The van der Waals surface area contributed by atoms with E-state index in [1.807, 2.05) is 0 Å². The van der Waals surface area contributed by atoms with E-state index in [2.05, 4.69) is 5.32 Å². The first-order chi connectivity index (χ1) is 17.7. The lowest BCUT2D eigenvalue weighted by Crippen LogP contribution is -2.47. The van der Waals surface area contributed by atoms with Crippen LogP contribution in [0.25, 0.3) is 0 Å². The largest absolute Gasteiger partial charge is 0.490 e. The molecule has 2 fully saturated rings. The van der Waals surface area contributed by atoms with Gasteiger partial charge in [0.25, 0.3) is 5.91 Å². The number of nitrogens with two attached hydrogens (primary N) is 1. The van der Waals surface area contributed by atoms with Crippen LogP contribution in [0.5, 0.6) is 5.75 Å². The van der Waals surface area contributed by atoms with E-state index in [9.17, 15) is 36.6 Å². The third kappa shape index (κ3) is 5.06. The van der Waals surface area contributed by atoms with Crippen molar-refractivity contribution >= 4 is 17.5 Å². The topological polar surface area (TPSA) is 111 Å². The molecule has 1 heterocycles. The molecular weight excluding hydrogens is 515 g/mol. The Balaban J connectivity index is 1.72. The summed E-state index contributed by atoms with van der Waals surface area (Å²) in [6, 6.07) is 7.30. The number of carbonyl (C=O) groups excluding carboxylic acids is 2. The normalized spacial score (nSPS) is 29.0. The number of nitrogens with one attached hydrogen (secondary N) is 1. The first kappa shape index (κ1) is 27.8. The predicted molar refractivity (Wildman–Crippen MR) is 125 cm³/mol. The number of anilines is 1. The summed E-state index contributed by atoms with van der Waals surface area (Å²) in [5, 5.41) is 11.9. The van der Waals surface area contributed by atoms with Gasteiger partial charge in [0.15, 0.2) is 17.2 Å².